The van der Waals surface area contributed by atoms with Gasteiger partial charge in [-0.2, -0.15) is 0 Å². The van der Waals surface area contributed by atoms with Crippen LogP contribution in [-0.4, -0.2) is 75.4 Å². The molecule has 0 aromatic heterocycles. The topological polar surface area (TPSA) is 126 Å². The number of rotatable bonds is 3. The van der Waals surface area contributed by atoms with E-state index >= 15 is 0 Å². The Bertz CT molecular complexity index is 1010. The number of allylic oxidation sites excluding steroid dienone is 1. The molecule has 12 atom stereocenters. The largest absolute Gasteiger partial charge is 0.458 e. The third-order valence-electron chi connectivity index (χ3n) is 11.5. The van der Waals surface area contributed by atoms with Gasteiger partial charge in [0, 0.05) is 11.5 Å². The fourth-order valence-electron chi connectivity index (χ4n) is 9.26. The van der Waals surface area contributed by atoms with Crippen molar-refractivity contribution in [1.82, 2.24) is 0 Å². The van der Waals surface area contributed by atoms with Crippen LogP contribution in [0.25, 0.3) is 0 Å². The average Bonchev–Trinajstić information content (AvgIpc) is 3.41. The molecule has 6 aliphatic rings. The molecule has 4 N–H and O–H groups in total. The first kappa shape index (κ1) is 26.0. The standard InChI is InChI=1S/C29H42O8/c1-15-23(31)24(32)25(33)26(36-15)37-18-6-9-27(2)17(13-18)4-5-21-20(27)7-10-28(3)19(8-11-29(21,28)34)16-12-22(30)35-14-16/h12-13,15,18-21,23-26,31-34H,4-11,14H2,1-3H3. The van der Waals surface area contributed by atoms with Crippen molar-refractivity contribution in [2.24, 2.45) is 28.6 Å². The lowest BCUT2D eigenvalue weighted by molar-refractivity contribution is -0.301. The van der Waals surface area contributed by atoms with Crippen molar-refractivity contribution in [3.63, 3.8) is 0 Å². The van der Waals surface area contributed by atoms with Crippen LogP contribution in [0.1, 0.15) is 72.1 Å². The van der Waals surface area contributed by atoms with E-state index < -0.39 is 36.3 Å². The molecule has 1 saturated heterocycles. The highest BCUT2D eigenvalue weighted by Crippen LogP contribution is 2.69. The summed E-state index contributed by atoms with van der Waals surface area (Å²) in [6.07, 6.45) is 5.44. The Hall–Kier alpha value is -1.29. The zero-order chi connectivity index (χ0) is 26.3. The van der Waals surface area contributed by atoms with Gasteiger partial charge < -0.3 is 34.6 Å². The minimum absolute atomic E-state index is 0.0152. The normalized spacial score (nSPS) is 53.5. The van der Waals surface area contributed by atoms with Gasteiger partial charge in [-0.1, -0.05) is 25.5 Å². The van der Waals surface area contributed by atoms with E-state index in [1.165, 1.54) is 5.57 Å². The molecule has 0 bridgehead atoms. The summed E-state index contributed by atoms with van der Waals surface area (Å²) in [6.45, 7) is 6.62. The molecule has 0 amide bonds. The molecule has 8 heteroatoms. The molecule has 4 aliphatic carbocycles. The van der Waals surface area contributed by atoms with Gasteiger partial charge in [0.05, 0.1) is 17.8 Å². The molecule has 0 spiro atoms. The number of fused-ring (bicyclic) bond motifs is 5. The zero-order valence-corrected chi connectivity index (χ0v) is 22.1. The molecular formula is C29H42O8. The van der Waals surface area contributed by atoms with Crippen LogP contribution >= 0.6 is 0 Å². The monoisotopic (exact) mass is 518 g/mol. The summed E-state index contributed by atoms with van der Waals surface area (Å²) >= 11 is 0. The second-order valence-corrected chi connectivity index (χ2v) is 13.1. The summed E-state index contributed by atoms with van der Waals surface area (Å²) in [5, 5.41) is 42.9. The fourth-order valence-corrected chi connectivity index (χ4v) is 9.26. The molecule has 3 saturated carbocycles. The molecule has 4 fully saturated rings. The lowest BCUT2D eigenvalue weighted by atomic mass is 9.45. The quantitative estimate of drug-likeness (QED) is 0.332. The number of hydrogen-bond donors (Lipinski definition) is 4. The van der Waals surface area contributed by atoms with Gasteiger partial charge in [0.15, 0.2) is 6.29 Å². The summed E-state index contributed by atoms with van der Waals surface area (Å²) in [6, 6.07) is 0. The van der Waals surface area contributed by atoms with Crippen LogP contribution in [0.15, 0.2) is 23.3 Å². The van der Waals surface area contributed by atoms with Crippen LogP contribution in [-0.2, 0) is 19.0 Å². The van der Waals surface area contributed by atoms with Gasteiger partial charge in [-0.05, 0) is 87.0 Å². The second-order valence-electron chi connectivity index (χ2n) is 13.1. The third kappa shape index (κ3) is 3.74. The number of cyclic esters (lactones) is 1. The van der Waals surface area contributed by atoms with Crippen LogP contribution in [0.2, 0.25) is 0 Å². The Balaban J connectivity index is 1.20. The van der Waals surface area contributed by atoms with E-state index in [1.807, 2.05) is 0 Å². The summed E-state index contributed by atoms with van der Waals surface area (Å²) < 4.78 is 17.0. The van der Waals surface area contributed by atoms with Crippen LogP contribution < -0.4 is 0 Å². The third-order valence-corrected chi connectivity index (χ3v) is 11.5. The fraction of sp³-hybridized carbons (Fsp3) is 0.828. The smallest absolute Gasteiger partial charge is 0.331 e. The van der Waals surface area contributed by atoms with Gasteiger partial charge in [0.25, 0.3) is 0 Å². The maximum atomic E-state index is 12.3. The summed E-state index contributed by atoms with van der Waals surface area (Å²) in [5.74, 6) is 0.537. The molecule has 12 unspecified atom stereocenters. The van der Waals surface area contributed by atoms with Crippen LogP contribution in [0.4, 0.5) is 0 Å². The number of esters is 1. The lowest BCUT2D eigenvalue weighted by Gasteiger charge is -2.62. The molecule has 8 nitrogen and oxygen atoms in total. The van der Waals surface area contributed by atoms with E-state index in [4.69, 9.17) is 14.2 Å². The van der Waals surface area contributed by atoms with E-state index in [-0.39, 0.29) is 34.7 Å². The zero-order valence-electron chi connectivity index (χ0n) is 22.1. The summed E-state index contributed by atoms with van der Waals surface area (Å²) in [5.41, 5.74) is 1.41. The predicted octanol–water partition coefficient (Wildman–Crippen LogP) is 2.38. The van der Waals surface area contributed by atoms with Gasteiger partial charge >= 0.3 is 5.97 Å². The van der Waals surface area contributed by atoms with Crippen LogP contribution in [0.5, 0.6) is 0 Å². The SMILES string of the molecule is CC1OC(OC2C=C3CCC4C(CCC5(C)C(C6=CC(=O)OC6)CCC45O)C3(C)CC2)C(O)C(O)C1O. The Morgan fingerprint density at radius 1 is 0.973 bits per heavy atom. The van der Waals surface area contributed by atoms with Crippen molar-refractivity contribution < 1.29 is 39.4 Å². The first-order valence-electron chi connectivity index (χ1n) is 14.1. The minimum atomic E-state index is -1.30. The Morgan fingerprint density at radius 2 is 1.76 bits per heavy atom. The maximum absolute atomic E-state index is 12.3. The molecular weight excluding hydrogens is 476 g/mol. The van der Waals surface area contributed by atoms with E-state index in [2.05, 4.69) is 19.9 Å². The van der Waals surface area contributed by atoms with E-state index in [1.54, 1.807) is 13.0 Å². The molecule has 0 aromatic rings. The lowest BCUT2D eigenvalue weighted by Crippen LogP contribution is -2.61. The average molecular weight is 519 g/mol. The van der Waals surface area contributed by atoms with Crippen molar-refractivity contribution >= 4 is 5.97 Å². The molecule has 2 aliphatic heterocycles. The summed E-state index contributed by atoms with van der Waals surface area (Å²) in [7, 11) is 0. The summed E-state index contributed by atoms with van der Waals surface area (Å²) in [4.78, 5) is 11.8. The van der Waals surface area contributed by atoms with Crippen molar-refractivity contribution in [2.75, 3.05) is 6.61 Å². The molecule has 2 heterocycles. The number of carbonyl (C=O) groups is 1. The number of ether oxygens (including phenoxy) is 3. The maximum Gasteiger partial charge on any atom is 0.331 e. The Kier molecular flexibility index (Phi) is 6.22. The van der Waals surface area contributed by atoms with Gasteiger partial charge in [0.1, 0.15) is 24.9 Å². The van der Waals surface area contributed by atoms with Crippen molar-refractivity contribution in [2.45, 2.75) is 115 Å². The molecule has 0 aromatic carbocycles. The van der Waals surface area contributed by atoms with Crippen molar-refractivity contribution in [3.8, 4) is 0 Å². The number of hydrogen-bond acceptors (Lipinski definition) is 8. The predicted molar refractivity (Wildman–Crippen MR) is 133 cm³/mol. The van der Waals surface area contributed by atoms with E-state index in [0.717, 1.165) is 56.9 Å². The van der Waals surface area contributed by atoms with Gasteiger partial charge in [-0.15, -0.1) is 0 Å². The first-order chi connectivity index (χ1) is 17.5. The highest BCUT2D eigenvalue weighted by molar-refractivity contribution is 5.85. The molecule has 206 valence electrons. The second kappa shape index (κ2) is 8.86. The van der Waals surface area contributed by atoms with E-state index in [0.29, 0.717) is 12.5 Å². The number of aliphatic hydroxyl groups is 4. The number of carbonyl (C=O) groups excluding carboxylic acids is 1. The highest BCUT2D eigenvalue weighted by Gasteiger charge is 2.67. The first-order valence-corrected chi connectivity index (χ1v) is 14.1. The Labute approximate surface area is 218 Å². The van der Waals surface area contributed by atoms with Crippen molar-refractivity contribution in [1.29, 1.82) is 0 Å². The molecule has 37 heavy (non-hydrogen) atoms. The number of aliphatic hydroxyl groups excluding tert-OH is 3. The highest BCUT2D eigenvalue weighted by atomic mass is 16.7. The molecule has 0 radical (unpaired) electrons. The van der Waals surface area contributed by atoms with Crippen LogP contribution in [0, 0.1) is 28.6 Å². The van der Waals surface area contributed by atoms with Gasteiger partial charge in [0.2, 0.25) is 0 Å². The van der Waals surface area contributed by atoms with Gasteiger partial charge in [-0.3, -0.25) is 0 Å². The molecule has 6 rings (SSSR count). The van der Waals surface area contributed by atoms with Gasteiger partial charge in [-0.25, -0.2) is 4.79 Å². The van der Waals surface area contributed by atoms with Crippen LogP contribution in [0.3, 0.4) is 0 Å². The van der Waals surface area contributed by atoms with Crippen molar-refractivity contribution in [3.05, 3.63) is 23.3 Å². The minimum Gasteiger partial charge on any atom is -0.458 e. The Morgan fingerprint density at radius 3 is 2.49 bits per heavy atom. The van der Waals surface area contributed by atoms with E-state index in [9.17, 15) is 25.2 Å².